The molecule has 1 heterocycles. The van der Waals surface area contributed by atoms with Crippen LogP contribution in [0.5, 0.6) is 0 Å². The second-order valence-corrected chi connectivity index (χ2v) is 5.73. The molecule has 0 atom stereocenters. The van der Waals surface area contributed by atoms with Gasteiger partial charge in [0.05, 0.1) is 5.54 Å². The Morgan fingerprint density at radius 3 is 2.84 bits per heavy atom. The number of benzene rings is 1. The van der Waals surface area contributed by atoms with Crippen molar-refractivity contribution in [1.82, 2.24) is 10.1 Å². The monoisotopic (exact) mass is 255 g/mol. The van der Waals surface area contributed by atoms with Crippen molar-refractivity contribution in [2.24, 2.45) is 5.73 Å². The van der Waals surface area contributed by atoms with Gasteiger partial charge in [-0.1, -0.05) is 17.3 Å². The van der Waals surface area contributed by atoms with E-state index in [9.17, 15) is 0 Å². The van der Waals surface area contributed by atoms with Gasteiger partial charge in [-0.15, -0.1) is 0 Å². The maximum atomic E-state index is 6.24. The maximum Gasteiger partial charge on any atom is 0.258 e. The van der Waals surface area contributed by atoms with Gasteiger partial charge in [-0.3, -0.25) is 0 Å². The highest BCUT2D eigenvalue weighted by atomic mass is 16.5. The lowest BCUT2D eigenvalue weighted by Crippen LogP contribution is -2.44. The van der Waals surface area contributed by atoms with E-state index in [2.05, 4.69) is 28.3 Å². The Hall–Kier alpha value is -1.68. The Balaban J connectivity index is 1.76. The third-order valence-corrected chi connectivity index (χ3v) is 4.49. The maximum absolute atomic E-state index is 6.24. The molecule has 2 aliphatic rings. The van der Waals surface area contributed by atoms with Crippen molar-refractivity contribution in [3.8, 4) is 11.5 Å². The lowest BCUT2D eigenvalue weighted by atomic mass is 9.77. The van der Waals surface area contributed by atoms with Crippen LogP contribution in [-0.4, -0.2) is 10.1 Å². The second-order valence-electron chi connectivity index (χ2n) is 5.73. The van der Waals surface area contributed by atoms with Crippen LogP contribution in [0.3, 0.4) is 0 Å². The Bertz CT molecular complexity index is 628. The van der Waals surface area contributed by atoms with Crippen molar-refractivity contribution in [2.45, 2.75) is 44.1 Å². The van der Waals surface area contributed by atoms with E-state index in [-0.39, 0.29) is 5.54 Å². The molecule has 1 saturated carbocycles. The number of nitrogens with two attached hydrogens (primary N) is 1. The van der Waals surface area contributed by atoms with Crippen molar-refractivity contribution < 1.29 is 4.52 Å². The molecule has 1 fully saturated rings. The fourth-order valence-corrected chi connectivity index (χ4v) is 3.14. The van der Waals surface area contributed by atoms with Crippen LogP contribution in [0.2, 0.25) is 0 Å². The molecule has 2 aromatic rings. The van der Waals surface area contributed by atoms with Crippen molar-refractivity contribution in [3.63, 3.8) is 0 Å². The SMILES string of the molecule is NC1(c2noc(-c3cccc4c3CCC4)n2)CCC1. The molecule has 2 aliphatic carbocycles. The van der Waals surface area contributed by atoms with E-state index in [1.54, 1.807) is 0 Å². The molecule has 0 saturated heterocycles. The predicted octanol–water partition coefficient (Wildman–Crippen LogP) is 2.56. The number of nitrogens with zero attached hydrogens (tertiary/aromatic N) is 2. The first kappa shape index (κ1) is 11.2. The molecule has 4 heteroatoms. The number of aryl methyl sites for hydroxylation is 1. The highest BCUT2D eigenvalue weighted by Gasteiger charge is 2.39. The van der Waals surface area contributed by atoms with E-state index < -0.39 is 0 Å². The lowest BCUT2D eigenvalue weighted by Gasteiger charge is -2.34. The van der Waals surface area contributed by atoms with Crippen LogP contribution in [-0.2, 0) is 18.4 Å². The van der Waals surface area contributed by atoms with Crippen LogP contribution in [0, 0.1) is 0 Å². The van der Waals surface area contributed by atoms with Crippen LogP contribution in [0.1, 0.15) is 42.6 Å². The lowest BCUT2D eigenvalue weighted by molar-refractivity contribution is 0.229. The number of aromatic nitrogens is 2. The van der Waals surface area contributed by atoms with Crippen molar-refractivity contribution in [2.75, 3.05) is 0 Å². The van der Waals surface area contributed by atoms with Crippen molar-refractivity contribution in [3.05, 3.63) is 35.2 Å². The summed E-state index contributed by atoms with van der Waals surface area (Å²) in [5.41, 5.74) is 9.78. The largest absolute Gasteiger partial charge is 0.334 e. The molecule has 0 aliphatic heterocycles. The smallest absolute Gasteiger partial charge is 0.258 e. The molecule has 0 spiro atoms. The minimum absolute atomic E-state index is 0.348. The topological polar surface area (TPSA) is 64.9 Å². The average molecular weight is 255 g/mol. The minimum Gasteiger partial charge on any atom is -0.334 e. The predicted molar refractivity (Wildman–Crippen MR) is 71.5 cm³/mol. The van der Waals surface area contributed by atoms with Gasteiger partial charge in [0.15, 0.2) is 5.82 Å². The summed E-state index contributed by atoms with van der Waals surface area (Å²) < 4.78 is 5.46. The van der Waals surface area contributed by atoms with Gasteiger partial charge in [-0.25, -0.2) is 0 Å². The van der Waals surface area contributed by atoms with Crippen LogP contribution in [0.4, 0.5) is 0 Å². The average Bonchev–Trinajstić information content (AvgIpc) is 3.04. The Morgan fingerprint density at radius 2 is 2.05 bits per heavy atom. The first-order valence-corrected chi connectivity index (χ1v) is 7.00. The number of hydrogen-bond donors (Lipinski definition) is 1. The van der Waals surface area contributed by atoms with E-state index in [1.807, 2.05) is 0 Å². The van der Waals surface area contributed by atoms with E-state index >= 15 is 0 Å². The van der Waals surface area contributed by atoms with E-state index in [1.165, 1.54) is 17.5 Å². The first-order valence-electron chi connectivity index (χ1n) is 7.00. The second kappa shape index (κ2) is 3.90. The first-order chi connectivity index (χ1) is 9.26. The van der Waals surface area contributed by atoms with Crippen LogP contribution in [0.25, 0.3) is 11.5 Å². The van der Waals surface area contributed by atoms with Crippen LogP contribution < -0.4 is 5.73 Å². The number of fused-ring (bicyclic) bond motifs is 1. The van der Waals surface area contributed by atoms with Gasteiger partial charge in [-0.2, -0.15) is 4.98 Å². The molecular formula is C15H17N3O. The Kier molecular flexibility index (Phi) is 2.30. The fourth-order valence-electron chi connectivity index (χ4n) is 3.14. The van der Waals surface area contributed by atoms with Crippen molar-refractivity contribution in [1.29, 1.82) is 0 Å². The molecule has 4 rings (SSSR count). The quantitative estimate of drug-likeness (QED) is 0.895. The molecule has 0 unspecified atom stereocenters. The standard InChI is InChI=1S/C15H17N3O/c16-15(8-3-9-15)14-17-13(19-18-14)12-7-2-5-10-4-1-6-11(10)12/h2,5,7H,1,3-4,6,8-9,16H2. The molecule has 1 aromatic heterocycles. The highest BCUT2D eigenvalue weighted by molar-refractivity contribution is 5.62. The zero-order valence-corrected chi connectivity index (χ0v) is 10.9. The normalized spacial score (nSPS) is 20.1. The Morgan fingerprint density at radius 1 is 1.16 bits per heavy atom. The summed E-state index contributed by atoms with van der Waals surface area (Å²) in [5, 5.41) is 4.10. The summed E-state index contributed by atoms with van der Waals surface area (Å²) in [6.07, 6.45) is 6.55. The minimum atomic E-state index is -0.348. The van der Waals surface area contributed by atoms with Gasteiger partial charge in [0.1, 0.15) is 0 Å². The number of hydrogen-bond acceptors (Lipinski definition) is 4. The zero-order chi connectivity index (χ0) is 12.9. The summed E-state index contributed by atoms with van der Waals surface area (Å²) in [6, 6.07) is 6.34. The van der Waals surface area contributed by atoms with Gasteiger partial charge in [0, 0.05) is 5.56 Å². The molecular weight excluding hydrogens is 238 g/mol. The van der Waals surface area contributed by atoms with Gasteiger partial charge < -0.3 is 10.3 Å². The summed E-state index contributed by atoms with van der Waals surface area (Å²) in [6.45, 7) is 0. The fraction of sp³-hybridized carbons (Fsp3) is 0.467. The summed E-state index contributed by atoms with van der Waals surface area (Å²) in [4.78, 5) is 4.55. The molecule has 4 nitrogen and oxygen atoms in total. The molecule has 0 amide bonds. The van der Waals surface area contributed by atoms with Gasteiger partial charge >= 0.3 is 0 Å². The molecule has 19 heavy (non-hydrogen) atoms. The van der Waals surface area contributed by atoms with E-state index in [0.29, 0.717) is 11.7 Å². The molecule has 0 bridgehead atoms. The third-order valence-electron chi connectivity index (χ3n) is 4.49. The van der Waals surface area contributed by atoms with E-state index in [4.69, 9.17) is 10.3 Å². The molecule has 0 radical (unpaired) electrons. The number of rotatable bonds is 2. The molecule has 98 valence electrons. The van der Waals surface area contributed by atoms with E-state index in [0.717, 1.165) is 37.7 Å². The van der Waals surface area contributed by atoms with Crippen LogP contribution in [0.15, 0.2) is 22.7 Å². The summed E-state index contributed by atoms with van der Waals surface area (Å²) >= 11 is 0. The highest BCUT2D eigenvalue weighted by Crippen LogP contribution is 2.38. The molecule has 1 aromatic carbocycles. The zero-order valence-electron chi connectivity index (χ0n) is 10.9. The van der Waals surface area contributed by atoms with Crippen molar-refractivity contribution >= 4 is 0 Å². The van der Waals surface area contributed by atoms with Gasteiger partial charge in [-0.05, 0) is 55.7 Å². The van der Waals surface area contributed by atoms with Gasteiger partial charge in [0.2, 0.25) is 0 Å². The Labute approximate surface area is 112 Å². The summed E-state index contributed by atoms with van der Waals surface area (Å²) in [7, 11) is 0. The molecule has 2 N–H and O–H groups in total. The van der Waals surface area contributed by atoms with Gasteiger partial charge in [0.25, 0.3) is 5.89 Å². The van der Waals surface area contributed by atoms with Crippen LogP contribution >= 0.6 is 0 Å². The summed E-state index contributed by atoms with van der Waals surface area (Å²) in [5.74, 6) is 1.30. The third kappa shape index (κ3) is 1.63.